The molecule has 0 amide bonds. The number of hydrogen-bond donors (Lipinski definition) is 1. The van der Waals surface area contributed by atoms with Crippen LogP contribution in [0.4, 0.5) is 0 Å². The Labute approximate surface area is 61.5 Å². The first-order chi connectivity index (χ1) is 4.57. The second-order valence-electron chi connectivity index (χ2n) is 2.76. The summed E-state index contributed by atoms with van der Waals surface area (Å²) in [6, 6.07) is -0.454. The lowest BCUT2D eigenvalue weighted by molar-refractivity contribution is -0.142. The molecule has 0 unspecified atom stereocenters. The molecule has 3 nitrogen and oxygen atoms in total. The van der Waals surface area contributed by atoms with Gasteiger partial charge in [0.05, 0.1) is 7.11 Å². The summed E-state index contributed by atoms with van der Waals surface area (Å²) in [7, 11) is 1.35. The summed E-state index contributed by atoms with van der Waals surface area (Å²) in [4.78, 5) is 10.7. The molecule has 0 heterocycles. The average Bonchev–Trinajstić information content (AvgIpc) is 1.85. The summed E-state index contributed by atoms with van der Waals surface area (Å²) in [5, 5.41) is 0. The number of carbonyl (C=O) groups excluding carboxylic acids is 1. The lowest BCUT2D eigenvalue weighted by atomic mass is 10.1. The standard InChI is InChI=1S/C7H15NO2/c1-5(2)4-6(8)7(9)10-3/h5-6H,4,8H2,1-3H3/t6-/m0/s1/i1+1/t5-,6+/m1. The Hall–Kier alpha value is -0.570. The molecule has 0 fully saturated rings. The van der Waals surface area contributed by atoms with Crippen LogP contribution in [0, 0.1) is 5.92 Å². The Morgan fingerprint density at radius 2 is 2.10 bits per heavy atom. The van der Waals surface area contributed by atoms with Crippen LogP contribution in [0.15, 0.2) is 0 Å². The molecule has 3 heteroatoms. The number of nitrogens with two attached hydrogens (primary N) is 1. The summed E-state index contributed by atoms with van der Waals surface area (Å²) in [5.41, 5.74) is 5.45. The maximum atomic E-state index is 10.7. The molecule has 0 saturated carbocycles. The molecule has 0 bridgehead atoms. The third-order valence-electron chi connectivity index (χ3n) is 1.23. The minimum atomic E-state index is -0.454. The van der Waals surface area contributed by atoms with Gasteiger partial charge in [-0.05, 0) is 12.3 Å². The van der Waals surface area contributed by atoms with E-state index in [-0.39, 0.29) is 5.97 Å². The van der Waals surface area contributed by atoms with Crippen LogP contribution in [0.1, 0.15) is 20.3 Å². The van der Waals surface area contributed by atoms with Gasteiger partial charge in [-0.25, -0.2) is 0 Å². The van der Waals surface area contributed by atoms with Crippen molar-refractivity contribution in [2.24, 2.45) is 11.7 Å². The molecule has 10 heavy (non-hydrogen) atoms. The number of rotatable bonds is 3. The van der Waals surface area contributed by atoms with Crippen LogP contribution in [-0.2, 0) is 9.53 Å². The number of hydrogen-bond acceptors (Lipinski definition) is 3. The Morgan fingerprint density at radius 3 is 2.40 bits per heavy atom. The van der Waals surface area contributed by atoms with Crippen molar-refractivity contribution in [3.8, 4) is 0 Å². The highest BCUT2D eigenvalue weighted by Crippen LogP contribution is 2.02. The molecule has 0 spiro atoms. The molecule has 0 saturated heterocycles. The molecule has 0 aromatic heterocycles. The van der Waals surface area contributed by atoms with Crippen molar-refractivity contribution >= 4 is 5.97 Å². The third kappa shape index (κ3) is 3.45. The van der Waals surface area contributed by atoms with Crippen molar-refractivity contribution in [1.82, 2.24) is 0 Å². The molecule has 0 rings (SSSR count). The molecular formula is C7H15NO2. The zero-order valence-corrected chi connectivity index (χ0v) is 6.76. The summed E-state index contributed by atoms with van der Waals surface area (Å²) in [6.07, 6.45) is 0.687. The maximum Gasteiger partial charge on any atom is 0.322 e. The molecule has 0 aliphatic carbocycles. The summed E-state index contributed by atoms with van der Waals surface area (Å²) in [6.45, 7) is 4.03. The zero-order valence-electron chi connectivity index (χ0n) is 6.76. The predicted octanol–water partition coefficient (Wildman–Crippen LogP) is 0.533. The number of ether oxygens (including phenoxy) is 1. The highest BCUT2D eigenvalue weighted by Gasteiger charge is 2.14. The van der Waals surface area contributed by atoms with Crippen LogP contribution in [0.5, 0.6) is 0 Å². The van der Waals surface area contributed by atoms with Crippen molar-refractivity contribution in [3.05, 3.63) is 0 Å². The Bertz CT molecular complexity index is 112. The summed E-state index contributed by atoms with van der Waals surface area (Å²) in [5.74, 6) is 0.114. The van der Waals surface area contributed by atoms with E-state index in [4.69, 9.17) is 5.73 Å². The van der Waals surface area contributed by atoms with E-state index in [1.165, 1.54) is 7.11 Å². The summed E-state index contributed by atoms with van der Waals surface area (Å²) < 4.78 is 4.45. The van der Waals surface area contributed by atoms with Crippen molar-refractivity contribution in [1.29, 1.82) is 0 Å². The number of esters is 1. The normalized spacial score (nSPS) is 16.0. The minimum Gasteiger partial charge on any atom is -0.468 e. The molecule has 0 aliphatic heterocycles. The fourth-order valence-corrected chi connectivity index (χ4v) is 0.755. The van der Waals surface area contributed by atoms with Crippen LogP contribution in [0.25, 0.3) is 0 Å². The van der Waals surface area contributed by atoms with E-state index in [0.717, 1.165) is 0 Å². The fourth-order valence-electron chi connectivity index (χ4n) is 0.755. The Kier molecular flexibility index (Phi) is 4.03. The first kappa shape index (κ1) is 9.43. The van der Waals surface area contributed by atoms with Gasteiger partial charge in [-0.15, -0.1) is 0 Å². The lowest BCUT2D eigenvalue weighted by Gasteiger charge is -2.10. The van der Waals surface area contributed by atoms with E-state index < -0.39 is 6.04 Å². The van der Waals surface area contributed by atoms with Crippen molar-refractivity contribution in [3.63, 3.8) is 0 Å². The largest absolute Gasteiger partial charge is 0.468 e. The van der Waals surface area contributed by atoms with Gasteiger partial charge >= 0.3 is 5.97 Å². The highest BCUT2D eigenvalue weighted by atomic mass is 16.5. The molecule has 0 aliphatic rings. The monoisotopic (exact) mass is 146 g/mol. The SMILES string of the molecule is COC(=O)[C@@H](N)C[C@@H](C)[13CH3]. The van der Waals surface area contributed by atoms with Gasteiger partial charge in [0.1, 0.15) is 6.04 Å². The molecule has 0 aromatic rings. The third-order valence-corrected chi connectivity index (χ3v) is 1.23. The molecule has 2 N–H and O–H groups in total. The van der Waals surface area contributed by atoms with E-state index in [0.29, 0.717) is 12.3 Å². The van der Waals surface area contributed by atoms with Gasteiger partial charge in [-0.1, -0.05) is 13.8 Å². The average molecular weight is 146 g/mol. The maximum absolute atomic E-state index is 10.7. The van der Waals surface area contributed by atoms with E-state index in [1.807, 2.05) is 13.8 Å². The molecule has 0 aromatic carbocycles. The number of carbonyl (C=O) groups is 1. The van der Waals surface area contributed by atoms with Gasteiger partial charge in [-0.3, -0.25) is 4.79 Å². The van der Waals surface area contributed by atoms with Gasteiger partial charge in [0.15, 0.2) is 0 Å². The first-order valence-electron chi connectivity index (χ1n) is 3.41. The molecule has 60 valence electrons. The second-order valence-corrected chi connectivity index (χ2v) is 2.76. The fraction of sp³-hybridized carbons (Fsp3) is 0.857. The molecular weight excluding hydrogens is 131 g/mol. The zero-order chi connectivity index (χ0) is 8.15. The van der Waals surface area contributed by atoms with Gasteiger partial charge in [0.2, 0.25) is 0 Å². The van der Waals surface area contributed by atoms with E-state index in [2.05, 4.69) is 4.74 Å². The summed E-state index contributed by atoms with van der Waals surface area (Å²) >= 11 is 0. The van der Waals surface area contributed by atoms with Crippen LogP contribution in [0.3, 0.4) is 0 Å². The van der Waals surface area contributed by atoms with E-state index in [9.17, 15) is 4.79 Å². The van der Waals surface area contributed by atoms with Crippen molar-refractivity contribution < 1.29 is 9.53 Å². The predicted molar refractivity (Wildman–Crippen MR) is 39.4 cm³/mol. The van der Waals surface area contributed by atoms with Gasteiger partial charge in [-0.2, -0.15) is 0 Å². The van der Waals surface area contributed by atoms with Crippen molar-refractivity contribution in [2.75, 3.05) is 7.11 Å². The van der Waals surface area contributed by atoms with E-state index in [1.54, 1.807) is 0 Å². The number of methoxy groups -OCH3 is 1. The first-order valence-corrected chi connectivity index (χ1v) is 3.41. The van der Waals surface area contributed by atoms with E-state index >= 15 is 0 Å². The lowest BCUT2D eigenvalue weighted by Crippen LogP contribution is -2.32. The smallest absolute Gasteiger partial charge is 0.322 e. The van der Waals surface area contributed by atoms with Gasteiger partial charge < -0.3 is 10.5 Å². The Morgan fingerprint density at radius 1 is 1.60 bits per heavy atom. The Balaban J connectivity index is 3.61. The topological polar surface area (TPSA) is 52.3 Å². The highest BCUT2D eigenvalue weighted by molar-refractivity contribution is 5.75. The molecule has 2 atom stereocenters. The van der Waals surface area contributed by atoms with Gasteiger partial charge in [0, 0.05) is 0 Å². The molecule has 0 radical (unpaired) electrons. The van der Waals surface area contributed by atoms with Crippen molar-refractivity contribution in [2.45, 2.75) is 26.3 Å². The van der Waals surface area contributed by atoms with Crippen LogP contribution in [0.2, 0.25) is 0 Å². The van der Waals surface area contributed by atoms with Crippen LogP contribution < -0.4 is 5.73 Å². The second kappa shape index (κ2) is 4.28. The quantitative estimate of drug-likeness (QED) is 0.467. The minimum absolute atomic E-state index is 0.325. The van der Waals surface area contributed by atoms with Crippen LogP contribution in [-0.4, -0.2) is 19.1 Å². The van der Waals surface area contributed by atoms with Crippen LogP contribution >= 0.6 is 0 Å². The van der Waals surface area contributed by atoms with Gasteiger partial charge in [0.25, 0.3) is 0 Å².